The van der Waals surface area contributed by atoms with Gasteiger partial charge in [-0.15, -0.1) is 0 Å². The first-order valence-corrected chi connectivity index (χ1v) is 11.4. The Morgan fingerprint density at radius 2 is 1.83 bits per heavy atom. The molecule has 1 aliphatic heterocycles. The van der Waals surface area contributed by atoms with Crippen LogP contribution in [-0.4, -0.2) is 46.3 Å². The Bertz CT molecular complexity index is 859. The lowest BCUT2D eigenvalue weighted by Gasteiger charge is -2.38. The van der Waals surface area contributed by atoms with E-state index >= 15 is 0 Å². The van der Waals surface area contributed by atoms with Crippen molar-refractivity contribution in [2.45, 2.75) is 89.8 Å². The third-order valence-electron chi connectivity index (χ3n) is 7.06. The second-order valence-electron chi connectivity index (χ2n) is 9.47. The van der Waals surface area contributed by atoms with Gasteiger partial charge in [0.05, 0.1) is 0 Å². The van der Waals surface area contributed by atoms with Crippen molar-refractivity contribution < 1.29 is 14.4 Å². The molecule has 2 fully saturated rings. The number of carbonyl (C=O) groups excluding carboxylic acids is 3. The number of nitrogens with one attached hydrogen (secondary N) is 1. The van der Waals surface area contributed by atoms with Crippen LogP contribution in [0.1, 0.15) is 76.0 Å². The predicted octanol–water partition coefficient (Wildman–Crippen LogP) is 3.51. The van der Waals surface area contributed by atoms with E-state index in [0.717, 1.165) is 55.4 Å². The Balaban J connectivity index is 1.53. The molecule has 1 unspecified atom stereocenters. The summed E-state index contributed by atoms with van der Waals surface area (Å²) in [5.74, 6) is -0.482. The zero-order valence-electron chi connectivity index (χ0n) is 18.4. The van der Waals surface area contributed by atoms with Crippen LogP contribution in [0.4, 0.5) is 4.79 Å². The largest absolute Gasteiger partial charge is 0.336 e. The number of urea groups is 1. The highest BCUT2D eigenvalue weighted by atomic mass is 16.2. The Kier molecular flexibility index (Phi) is 5.60. The average Bonchev–Trinajstić information content (AvgIpc) is 3.27. The molecule has 6 heteroatoms. The van der Waals surface area contributed by atoms with Crippen molar-refractivity contribution in [2.24, 2.45) is 0 Å². The van der Waals surface area contributed by atoms with Gasteiger partial charge in [-0.3, -0.25) is 14.5 Å². The van der Waals surface area contributed by atoms with E-state index in [1.165, 1.54) is 17.5 Å². The second kappa shape index (κ2) is 8.05. The molecule has 1 saturated heterocycles. The van der Waals surface area contributed by atoms with E-state index in [0.29, 0.717) is 0 Å². The van der Waals surface area contributed by atoms with Gasteiger partial charge in [0, 0.05) is 12.1 Å². The van der Waals surface area contributed by atoms with E-state index < -0.39 is 11.6 Å². The molecule has 1 heterocycles. The molecule has 1 aromatic rings. The number of amides is 4. The molecule has 0 spiro atoms. The van der Waals surface area contributed by atoms with Gasteiger partial charge in [-0.1, -0.05) is 37.5 Å². The maximum absolute atomic E-state index is 13.3. The van der Waals surface area contributed by atoms with Gasteiger partial charge in [-0.25, -0.2) is 4.79 Å². The van der Waals surface area contributed by atoms with E-state index in [9.17, 15) is 14.4 Å². The highest BCUT2D eigenvalue weighted by Gasteiger charge is 2.50. The van der Waals surface area contributed by atoms with Gasteiger partial charge in [0.25, 0.3) is 5.91 Å². The van der Waals surface area contributed by atoms with Crippen molar-refractivity contribution in [3.05, 3.63) is 34.9 Å². The zero-order chi connectivity index (χ0) is 21.5. The Morgan fingerprint density at radius 1 is 1.13 bits per heavy atom. The molecule has 1 N–H and O–H groups in total. The molecule has 0 aromatic heterocycles. The number of hydrogen-bond donors (Lipinski definition) is 1. The molecule has 1 saturated carbocycles. The minimum atomic E-state index is -1.12. The molecule has 4 rings (SSSR count). The normalized spacial score (nSPS) is 24.3. The third kappa shape index (κ3) is 3.61. The molecule has 162 valence electrons. The summed E-state index contributed by atoms with van der Waals surface area (Å²) >= 11 is 0. The van der Waals surface area contributed by atoms with E-state index in [4.69, 9.17) is 0 Å². The molecule has 30 heavy (non-hydrogen) atoms. The number of imide groups is 1. The van der Waals surface area contributed by atoms with Crippen LogP contribution in [0.3, 0.4) is 0 Å². The summed E-state index contributed by atoms with van der Waals surface area (Å²) in [6.45, 7) is 5.57. The summed E-state index contributed by atoms with van der Waals surface area (Å²) in [7, 11) is 0. The number of fused-ring (bicyclic) bond motifs is 1. The number of aryl methyl sites for hydroxylation is 2. The van der Waals surface area contributed by atoms with Crippen molar-refractivity contribution in [3.63, 3.8) is 0 Å². The van der Waals surface area contributed by atoms with Crippen molar-refractivity contribution in [1.29, 1.82) is 0 Å². The van der Waals surface area contributed by atoms with E-state index in [1.54, 1.807) is 6.92 Å². The molecule has 3 aliphatic rings. The molecule has 6 nitrogen and oxygen atoms in total. The topological polar surface area (TPSA) is 69.7 Å². The highest BCUT2D eigenvalue weighted by Crippen LogP contribution is 2.33. The molecule has 1 aromatic carbocycles. The molecule has 4 amide bonds. The second-order valence-corrected chi connectivity index (χ2v) is 9.47. The van der Waals surface area contributed by atoms with Crippen LogP contribution in [0, 0.1) is 0 Å². The number of carbonyl (C=O) groups is 3. The molecular weight excluding hydrogens is 378 g/mol. The number of benzene rings is 1. The van der Waals surface area contributed by atoms with E-state index in [2.05, 4.69) is 11.4 Å². The Hall–Kier alpha value is -2.37. The number of nitrogens with zero attached hydrogens (tertiary/aromatic N) is 2. The van der Waals surface area contributed by atoms with E-state index in [-0.39, 0.29) is 30.4 Å². The van der Waals surface area contributed by atoms with Gasteiger partial charge in [0.1, 0.15) is 12.1 Å². The quantitative estimate of drug-likeness (QED) is 0.754. The van der Waals surface area contributed by atoms with Gasteiger partial charge >= 0.3 is 6.03 Å². The fraction of sp³-hybridized carbons (Fsp3) is 0.625. The van der Waals surface area contributed by atoms with E-state index in [1.807, 2.05) is 30.9 Å². The summed E-state index contributed by atoms with van der Waals surface area (Å²) in [5, 5.41) is 2.86. The molecule has 0 radical (unpaired) electrons. The molecule has 0 bridgehead atoms. The first-order valence-electron chi connectivity index (χ1n) is 11.4. The SMILES string of the molecule is CC(C)N(C(=O)CN1C(=O)NC(C)(c2ccc3c(c2)CCC3)C1=O)C1CCCCC1. The van der Waals surface area contributed by atoms with Crippen LogP contribution in [0.2, 0.25) is 0 Å². The van der Waals surface area contributed by atoms with Crippen molar-refractivity contribution in [1.82, 2.24) is 15.1 Å². The summed E-state index contributed by atoms with van der Waals surface area (Å²) in [4.78, 5) is 42.2. The van der Waals surface area contributed by atoms with Gasteiger partial charge in [0.15, 0.2) is 0 Å². The first kappa shape index (κ1) is 20.9. The lowest BCUT2D eigenvalue weighted by molar-refractivity contribution is -0.142. The summed E-state index contributed by atoms with van der Waals surface area (Å²) in [6, 6.07) is 5.83. The van der Waals surface area contributed by atoms with Gasteiger partial charge < -0.3 is 10.2 Å². The number of hydrogen-bond acceptors (Lipinski definition) is 3. The van der Waals surface area contributed by atoms with Gasteiger partial charge in [-0.2, -0.15) is 0 Å². The monoisotopic (exact) mass is 411 g/mol. The predicted molar refractivity (Wildman–Crippen MR) is 115 cm³/mol. The fourth-order valence-electron chi connectivity index (χ4n) is 5.41. The van der Waals surface area contributed by atoms with Crippen LogP contribution in [0.25, 0.3) is 0 Å². The summed E-state index contributed by atoms with van der Waals surface area (Å²) in [5.41, 5.74) is 2.26. The van der Waals surface area contributed by atoms with Crippen LogP contribution in [0.5, 0.6) is 0 Å². The third-order valence-corrected chi connectivity index (χ3v) is 7.06. The van der Waals surface area contributed by atoms with Crippen molar-refractivity contribution >= 4 is 17.8 Å². The lowest BCUT2D eigenvalue weighted by atomic mass is 9.89. The molecule has 1 atom stereocenters. The van der Waals surface area contributed by atoms with Gasteiger partial charge in [-0.05, 0) is 69.6 Å². The minimum Gasteiger partial charge on any atom is -0.336 e. The van der Waals surface area contributed by atoms with Crippen LogP contribution in [0.15, 0.2) is 18.2 Å². The van der Waals surface area contributed by atoms with Crippen molar-refractivity contribution in [2.75, 3.05) is 6.54 Å². The Morgan fingerprint density at radius 3 is 2.53 bits per heavy atom. The standard InChI is InChI=1S/C24H33N3O3/c1-16(2)27(20-10-5-4-6-11-20)21(28)15-26-22(29)24(3,25-23(26)30)19-13-12-17-8-7-9-18(17)14-19/h12-14,16,20H,4-11,15H2,1-3H3,(H,25,30). The average molecular weight is 412 g/mol. The van der Waals surface area contributed by atoms with Gasteiger partial charge in [0.2, 0.25) is 5.91 Å². The summed E-state index contributed by atoms with van der Waals surface area (Å²) < 4.78 is 0. The molecular formula is C24H33N3O3. The zero-order valence-corrected chi connectivity index (χ0v) is 18.4. The molecule has 2 aliphatic carbocycles. The highest BCUT2D eigenvalue weighted by molar-refractivity contribution is 6.09. The van der Waals surface area contributed by atoms with Crippen LogP contribution < -0.4 is 5.32 Å². The lowest BCUT2D eigenvalue weighted by Crippen LogP contribution is -2.51. The maximum atomic E-state index is 13.3. The minimum absolute atomic E-state index is 0.0458. The smallest absolute Gasteiger partial charge is 0.325 e. The Labute approximate surface area is 179 Å². The summed E-state index contributed by atoms with van der Waals surface area (Å²) in [6.07, 6.45) is 8.66. The number of rotatable bonds is 5. The maximum Gasteiger partial charge on any atom is 0.325 e. The fourth-order valence-corrected chi connectivity index (χ4v) is 5.41. The van der Waals surface area contributed by atoms with Crippen LogP contribution >= 0.6 is 0 Å². The first-order chi connectivity index (χ1) is 14.3. The van der Waals surface area contributed by atoms with Crippen molar-refractivity contribution in [3.8, 4) is 0 Å². The van der Waals surface area contributed by atoms with Crippen LogP contribution in [-0.2, 0) is 28.0 Å².